The second-order valence-corrected chi connectivity index (χ2v) is 8.79. The lowest BCUT2D eigenvalue weighted by molar-refractivity contribution is -0.117. The Morgan fingerprint density at radius 2 is 0.909 bits per heavy atom. The van der Waals surface area contributed by atoms with E-state index < -0.39 is 40.7 Å². The van der Waals surface area contributed by atoms with Crippen LogP contribution in [0.1, 0.15) is 25.0 Å². The minimum Gasteiger partial charge on any atom is -0.497 e. The van der Waals surface area contributed by atoms with Crippen molar-refractivity contribution in [2.24, 2.45) is 17.3 Å². The minimum absolute atomic E-state index is 0.262. The van der Waals surface area contributed by atoms with Crippen molar-refractivity contribution in [3.63, 3.8) is 0 Å². The van der Waals surface area contributed by atoms with Crippen LogP contribution in [0.15, 0.2) is 59.7 Å². The normalized spacial score (nSPS) is 22.2. The molecule has 0 aromatic heterocycles. The lowest BCUT2D eigenvalue weighted by Crippen LogP contribution is -2.27. The molecule has 0 heterocycles. The molecule has 2 aromatic rings. The first-order valence-corrected chi connectivity index (χ1v) is 10.2. The van der Waals surface area contributed by atoms with Gasteiger partial charge in [0.2, 0.25) is 0 Å². The number of hydrogen-bond acceptors (Lipinski definition) is 2. The Balaban J connectivity index is 2.04. The van der Waals surface area contributed by atoms with E-state index in [9.17, 15) is 26.3 Å². The van der Waals surface area contributed by atoms with E-state index in [1.54, 1.807) is 48.5 Å². The van der Waals surface area contributed by atoms with Gasteiger partial charge in [-0.1, -0.05) is 38.1 Å². The molecule has 4 rings (SSSR count). The number of halogens is 6. The Morgan fingerprint density at radius 1 is 0.606 bits per heavy atom. The number of methoxy groups -OCH3 is 2. The molecule has 2 nitrogen and oxygen atoms in total. The molecule has 8 heteroatoms. The van der Waals surface area contributed by atoms with Gasteiger partial charge in [-0.2, -0.15) is 26.3 Å². The highest BCUT2D eigenvalue weighted by Crippen LogP contribution is 2.71. The van der Waals surface area contributed by atoms with E-state index in [0.29, 0.717) is 22.6 Å². The van der Waals surface area contributed by atoms with E-state index in [1.807, 2.05) is 0 Å². The van der Waals surface area contributed by atoms with Crippen molar-refractivity contribution >= 4 is 11.1 Å². The van der Waals surface area contributed by atoms with Crippen molar-refractivity contribution in [2.75, 3.05) is 14.2 Å². The molecule has 0 saturated carbocycles. The molecule has 0 radical (unpaired) electrons. The van der Waals surface area contributed by atoms with Crippen molar-refractivity contribution in [1.82, 2.24) is 0 Å². The van der Waals surface area contributed by atoms with Crippen LogP contribution in [0.4, 0.5) is 26.3 Å². The van der Waals surface area contributed by atoms with Crippen LogP contribution in [0.5, 0.6) is 11.5 Å². The fourth-order valence-electron chi connectivity index (χ4n) is 5.38. The van der Waals surface area contributed by atoms with Crippen molar-refractivity contribution < 1.29 is 35.8 Å². The Labute approximate surface area is 187 Å². The average Bonchev–Trinajstić information content (AvgIpc) is 3.14. The zero-order valence-corrected chi connectivity index (χ0v) is 18.4. The summed E-state index contributed by atoms with van der Waals surface area (Å²) in [4.78, 5) is 0. The largest absolute Gasteiger partial charge is 0.497 e. The van der Waals surface area contributed by atoms with Crippen LogP contribution in [-0.4, -0.2) is 26.6 Å². The summed E-state index contributed by atoms with van der Waals surface area (Å²) in [5, 5.41) is 0. The summed E-state index contributed by atoms with van der Waals surface area (Å²) >= 11 is 0. The van der Waals surface area contributed by atoms with Crippen LogP contribution in [0.2, 0.25) is 0 Å². The molecule has 2 aliphatic carbocycles. The molecule has 0 fully saturated rings. The topological polar surface area (TPSA) is 18.5 Å². The quantitative estimate of drug-likeness (QED) is 0.346. The maximum Gasteiger partial charge on any atom is 0.413 e. The van der Waals surface area contributed by atoms with Crippen LogP contribution < -0.4 is 9.47 Å². The number of ether oxygens (including phenoxy) is 2. The Morgan fingerprint density at radius 3 is 1.15 bits per heavy atom. The fourth-order valence-corrected chi connectivity index (χ4v) is 5.38. The predicted molar refractivity (Wildman–Crippen MR) is 113 cm³/mol. The maximum atomic E-state index is 14.2. The van der Waals surface area contributed by atoms with Gasteiger partial charge in [0.15, 0.2) is 0 Å². The second-order valence-electron chi connectivity index (χ2n) is 8.79. The molecule has 0 N–H and O–H groups in total. The number of alkyl halides is 6. The molecule has 0 spiro atoms. The van der Waals surface area contributed by atoms with E-state index in [0.717, 1.165) is 0 Å². The molecular formula is C25H22F6O2. The lowest BCUT2D eigenvalue weighted by Gasteiger charge is -2.29. The van der Waals surface area contributed by atoms with Crippen LogP contribution in [0, 0.1) is 17.3 Å². The van der Waals surface area contributed by atoms with Gasteiger partial charge in [-0.3, -0.25) is 0 Å². The molecular weight excluding hydrogens is 446 g/mol. The van der Waals surface area contributed by atoms with Gasteiger partial charge in [0.05, 0.1) is 14.2 Å². The molecule has 2 aromatic carbocycles. The lowest BCUT2D eigenvalue weighted by atomic mass is 9.74. The third-order valence-electron chi connectivity index (χ3n) is 6.64. The fraction of sp³-hybridized carbons (Fsp3) is 0.360. The third kappa shape index (κ3) is 3.60. The Hall–Kier alpha value is -2.90. The molecule has 2 bridgehead atoms. The molecule has 33 heavy (non-hydrogen) atoms. The van der Waals surface area contributed by atoms with Crippen LogP contribution >= 0.6 is 0 Å². The monoisotopic (exact) mass is 468 g/mol. The first-order valence-electron chi connectivity index (χ1n) is 10.2. The molecule has 2 unspecified atom stereocenters. The first-order chi connectivity index (χ1) is 15.3. The highest BCUT2D eigenvalue weighted by molar-refractivity contribution is 6.01. The zero-order valence-electron chi connectivity index (χ0n) is 18.4. The summed E-state index contributed by atoms with van der Waals surface area (Å²) in [6.45, 7) is 2.96. The van der Waals surface area contributed by atoms with Crippen LogP contribution in [-0.2, 0) is 0 Å². The first kappa shape index (κ1) is 23.3. The summed E-state index contributed by atoms with van der Waals surface area (Å²) in [6.07, 6.45) is -10.2. The molecule has 0 saturated heterocycles. The van der Waals surface area contributed by atoms with Gasteiger partial charge in [0, 0.05) is 23.0 Å². The van der Waals surface area contributed by atoms with Crippen LogP contribution in [0.25, 0.3) is 11.1 Å². The van der Waals surface area contributed by atoms with Gasteiger partial charge < -0.3 is 9.47 Å². The van der Waals surface area contributed by atoms with E-state index in [1.165, 1.54) is 28.1 Å². The van der Waals surface area contributed by atoms with Crippen molar-refractivity contribution in [2.45, 2.75) is 26.2 Å². The second kappa shape index (κ2) is 7.57. The number of rotatable bonds is 4. The minimum atomic E-state index is -5.12. The van der Waals surface area contributed by atoms with Gasteiger partial charge in [0.1, 0.15) is 11.5 Å². The summed E-state index contributed by atoms with van der Waals surface area (Å²) in [5.74, 6) is -1.94. The SMILES string of the molecule is COc1ccc(C2=C(c3ccc(OC)cc3)C3C(C(F)(F)F)=C(C(F)(F)F)C2C3(C)C)cc1. The van der Waals surface area contributed by atoms with E-state index in [4.69, 9.17) is 9.47 Å². The average molecular weight is 468 g/mol. The molecule has 176 valence electrons. The Bertz CT molecular complexity index is 1030. The molecule has 0 amide bonds. The molecule has 2 aliphatic rings. The van der Waals surface area contributed by atoms with E-state index in [-0.39, 0.29) is 11.1 Å². The van der Waals surface area contributed by atoms with Crippen molar-refractivity contribution in [3.05, 3.63) is 70.8 Å². The number of fused-ring (bicyclic) bond motifs is 2. The third-order valence-corrected chi connectivity index (χ3v) is 6.64. The van der Waals surface area contributed by atoms with E-state index >= 15 is 0 Å². The van der Waals surface area contributed by atoms with Gasteiger partial charge in [-0.15, -0.1) is 0 Å². The zero-order chi connectivity index (χ0) is 24.3. The van der Waals surface area contributed by atoms with Gasteiger partial charge >= 0.3 is 12.4 Å². The highest BCUT2D eigenvalue weighted by atomic mass is 19.4. The number of benzene rings is 2. The standard InChI is InChI=1S/C25H22F6O2/c1-23(2)19-17(13-5-9-15(32-3)10-6-13)18(14-7-11-16(33-4)12-8-14)20(23)22(25(29,30)31)21(19)24(26,27)28/h5-12,19-20H,1-4H3. The highest BCUT2D eigenvalue weighted by Gasteiger charge is 2.67. The summed E-state index contributed by atoms with van der Waals surface area (Å²) < 4.78 is 95.2. The van der Waals surface area contributed by atoms with Crippen LogP contribution in [0.3, 0.4) is 0 Å². The smallest absolute Gasteiger partial charge is 0.413 e. The van der Waals surface area contributed by atoms with Gasteiger partial charge in [-0.05, 0) is 52.0 Å². The summed E-state index contributed by atoms with van der Waals surface area (Å²) in [5.41, 5.74) is -2.92. The van der Waals surface area contributed by atoms with Crippen molar-refractivity contribution in [3.8, 4) is 11.5 Å². The van der Waals surface area contributed by atoms with Crippen molar-refractivity contribution in [1.29, 1.82) is 0 Å². The number of allylic oxidation sites excluding steroid dienone is 4. The molecule has 2 atom stereocenters. The molecule has 0 aliphatic heterocycles. The maximum absolute atomic E-state index is 14.2. The Kier molecular flexibility index (Phi) is 5.34. The summed E-state index contributed by atoms with van der Waals surface area (Å²) in [6, 6.07) is 12.7. The number of hydrogen-bond donors (Lipinski definition) is 0. The van der Waals surface area contributed by atoms with Gasteiger partial charge in [0.25, 0.3) is 0 Å². The van der Waals surface area contributed by atoms with E-state index in [2.05, 4.69) is 0 Å². The van der Waals surface area contributed by atoms with Gasteiger partial charge in [-0.25, -0.2) is 0 Å². The summed E-state index contributed by atoms with van der Waals surface area (Å²) in [7, 11) is 2.91. The predicted octanol–water partition coefficient (Wildman–Crippen LogP) is 7.32.